The molecular weight excluding hydrogens is 268 g/mol. The monoisotopic (exact) mass is 286 g/mol. The number of benzene rings is 1. The number of carbonyl (C=O) groups is 1. The molecule has 0 unspecified atom stereocenters. The number of ether oxygens (including phenoxy) is 1. The lowest BCUT2D eigenvalue weighted by atomic mass is 10.1. The van der Waals surface area contributed by atoms with Crippen molar-refractivity contribution in [1.29, 1.82) is 0 Å². The maximum Gasteiger partial charge on any atom is 0.269 e. The Balaban J connectivity index is 1.88. The number of rotatable bonds is 6. The van der Waals surface area contributed by atoms with Gasteiger partial charge in [-0.2, -0.15) is 0 Å². The van der Waals surface area contributed by atoms with Gasteiger partial charge in [0.2, 0.25) is 0 Å². The summed E-state index contributed by atoms with van der Waals surface area (Å²) in [5.74, 6) is 5.88. The molecule has 0 fully saturated rings. The summed E-state index contributed by atoms with van der Waals surface area (Å²) in [7, 11) is 1.63. The van der Waals surface area contributed by atoms with E-state index in [1.807, 2.05) is 24.3 Å². The van der Waals surface area contributed by atoms with Crippen molar-refractivity contribution < 1.29 is 9.53 Å². The predicted molar refractivity (Wildman–Crippen MR) is 81.1 cm³/mol. The van der Waals surface area contributed by atoms with Gasteiger partial charge in [0.05, 0.1) is 12.8 Å². The summed E-state index contributed by atoms with van der Waals surface area (Å²) in [6.45, 7) is 0.522. The van der Waals surface area contributed by atoms with Crippen molar-refractivity contribution in [2.24, 2.45) is 5.84 Å². The van der Waals surface area contributed by atoms with Crippen LogP contribution in [0.1, 0.15) is 16.1 Å². The second-order valence-corrected chi connectivity index (χ2v) is 4.43. The fourth-order valence-electron chi connectivity index (χ4n) is 1.88. The third kappa shape index (κ3) is 4.19. The summed E-state index contributed by atoms with van der Waals surface area (Å²) in [5, 5.41) is 2.83. The van der Waals surface area contributed by atoms with Gasteiger partial charge in [-0.1, -0.05) is 12.1 Å². The largest absolute Gasteiger partial charge is 0.497 e. The zero-order chi connectivity index (χ0) is 15.1. The van der Waals surface area contributed by atoms with Crippen molar-refractivity contribution >= 4 is 11.6 Å². The van der Waals surface area contributed by atoms with Gasteiger partial charge in [-0.25, -0.2) is 0 Å². The number of amides is 1. The lowest BCUT2D eigenvalue weighted by Crippen LogP contribution is -2.26. The van der Waals surface area contributed by atoms with E-state index in [0.717, 1.165) is 17.7 Å². The van der Waals surface area contributed by atoms with Gasteiger partial charge in [0.1, 0.15) is 11.4 Å². The predicted octanol–water partition coefficient (Wildman–Crippen LogP) is 1.35. The third-order valence-corrected chi connectivity index (χ3v) is 2.99. The van der Waals surface area contributed by atoms with Crippen molar-refractivity contribution in [1.82, 2.24) is 10.3 Å². The van der Waals surface area contributed by atoms with E-state index in [2.05, 4.69) is 15.7 Å². The maximum absolute atomic E-state index is 12.0. The third-order valence-electron chi connectivity index (χ3n) is 2.99. The average molecular weight is 286 g/mol. The minimum Gasteiger partial charge on any atom is -0.497 e. The van der Waals surface area contributed by atoms with E-state index in [4.69, 9.17) is 10.6 Å². The molecule has 4 N–H and O–H groups in total. The van der Waals surface area contributed by atoms with Gasteiger partial charge >= 0.3 is 0 Å². The van der Waals surface area contributed by atoms with Crippen LogP contribution in [0.25, 0.3) is 0 Å². The Morgan fingerprint density at radius 1 is 1.33 bits per heavy atom. The van der Waals surface area contributed by atoms with Crippen LogP contribution in [0.5, 0.6) is 5.75 Å². The molecule has 0 radical (unpaired) electrons. The SMILES string of the molecule is COc1cccc(CCNC(=O)c2cc(NN)ccn2)c1. The molecule has 0 aliphatic carbocycles. The first-order valence-corrected chi connectivity index (χ1v) is 6.56. The van der Waals surface area contributed by atoms with E-state index in [0.29, 0.717) is 17.9 Å². The van der Waals surface area contributed by atoms with Crippen LogP contribution in [0.15, 0.2) is 42.6 Å². The zero-order valence-corrected chi connectivity index (χ0v) is 11.8. The van der Waals surface area contributed by atoms with Crippen LogP contribution in [0, 0.1) is 0 Å². The van der Waals surface area contributed by atoms with Crippen LogP contribution in [0.2, 0.25) is 0 Å². The topological polar surface area (TPSA) is 89.3 Å². The molecule has 0 saturated carbocycles. The average Bonchev–Trinajstić information content (AvgIpc) is 2.55. The lowest BCUT2D eigenvalue weighted by Gasteiger charge is -2.07. The number of hydrazine groups is 1. The molecule has 1 heterocycles. The van der Waals surface area contributed by atoms with Gasteiger partial charge in [-0.3, -0.25) is 15.6 Å². The second kappa shape index (κ2) is 7.25. The summed E-state index contributed by atoms with van der Waals surface area (Å²) < 4.78 is 5.16. The van der Waals surface area contributed by atoms with Crippen LogP contribution < -0.4 is 21.3 Å². The Hall–Kier alpha value is -2.60. The molecule has 0 saturated heterocycles. The second-order valence-electron chi connectivity index (χ2n) is 4.43. The molecule has 0 aliphatic heterocycles. The molecule has 0 bridgehead atoms. The molecule has 1 amide bonds. The summed E-state index contributed by atoms with van der Waals surface area (Å²) in [5.41, 5.74) is 4.55. The van der Waals surface area contributed by atoms with E-state index in [-0.39, 0.29) is 5.91 Å². The first kappa shape index (κ1) is 14.8. The Labute approximate surface area is 123 Å². The normalized spacial score (nSPS) is 10.0. The first-order chi connectivity index (χ1) is 10.2. The van der Waals surface area contributed by atoms with Crippen LogP contribution in [0.4, 0.5) is 5.69 Å². The molecule has 21 heavy (non-hydrogen) atoms. The summed E-state index contributed by atoms with van der Waals surface area (Å²) in [4.78, 5) is 16.0. The number of carbonyl (C=O) groups excluding carboxylic acids is 1. The van der Waals surface area contributed by atoms with Crippen molar-refractivity contribution in [3.05, 3.63) is 53.9 Å². The van der Waals surface area contributed by atoms with E-state index in [1.165, 1.54) is 6.20 Å². The molecule has 1 aromatic carbocycles. The number of hydrogen-bond acceptors (Lipinski definition) is 5. The quantitative estimate of drug-likeness (QED) is 0.551. The van der Waals surface area contributed by atoms with Gasteiger partial charge in [-0.15, -0.1) is 0 Å². The number of pyridine rings is 1. The van der Waals surface area contributed by atoms with Crippen molar-refractivity contribution in [2.75, 3.05) is 19.1 Å². The zero-order valence-electron chi connectivity index (χ0n) is 11.8. The highest BCUT2D eigenvalue weighted by molar-refractivity contribution is 5.93. The van der Waals surface area contributed by atoms with Gasteiger partial charge in [0.25, 0.3) is 5.91 Å². The van der Waals surface area contributed by atoms with Crippen molar-refractivity contribution in [3.63, 3.8) is 0 Å². The number of nitrogens with zero attached hydrogens (tertiary/aromatic N) is 1. The number of anilines is 1. The fourth-order valence-corrected chi connectivity index (χ4v) is 1.88. The van der Waals surface area contributed by atoms with Gasteiger partial charge in [0, 0.05) is 12.7 Å². The van der Waals surface area contributed by atoms with Crippen LogP contribution >= 0.6 is 0 Å². The summed E-state index contributed by atoms with van der Waals surface area (Å²) in [6.07, 6.45) is 2.25. The number of aromatic nitrogens is 1. The van der Waals surface area contributed by atoms with Gasteiger partial charge in [-0.05, 0) is 36.2 Å². The number of nitrogens with one attached hydrogen (secondary N) is 2. The molecule has 6 nitrogen and oxygen atoms in total. The Kier molecular flexibility index (Phi) is 5.11. The molecule has 0 atom stereocenters. The minimum absolute atomic E-state index is 0.227. The number of nitrogen functional groups attached to an aromatic ring is 1. The minimum atomic E-state index is -0.227. The number of hydrogen-bond donors (Lipinski definition) is 3. The van der Waals surface area contributed by atoms with Gasteiger partial charge < -0.3 is 15.5 Å². The molecule has 0 aliphatic rings. The van der Waals surface area contributed by atoms with Crippen LogP contribution in [0.3, 0.4) is 0 Å². The highest BCUT2D eigenvalue weighted by atomic mass is 16.5. The summed E-state index contributed by atoms with van der Waals surface area (Å²) in [6, 6.07) is 11.0. The highest BCUT2D eigenvalue weighted by Crippen LogP contribution is 2.12. The molecule has 1 aromatic heterocycles. The number of nitrogens with two attached hydrogens (primary N) is 1. The fraction of sp³-hybridized carbons (Fsp3) is 0.200. The van der Waals surface area contributed by atoms with Crippen molar-refractivity contribution in [2.45, 2.75) is 6.42 Å². The van der Waals surface area contributed by atoms with E-state index >= 15 is 0 Å². The number of methoxy groups -OCH3 is 1. The first-order valence-electron chi connectivity index (χ1n) is 6.56. The van der Waals surface area contributed by atoms with E-state index in [1.54, 1.807) is 19.2 Å². The molecule has 2 aromatic rings. The lowest BCUT2D eigenvalue weighted by molar-refractivity contribution is 0.0949. The smallest absolute Gasteiger partial charge is 0.269 e. The van der Waals surface area contributed by atoms with E-state index in [9.17, 15) is 4.79 Å². The van der Waals surface area contributed by atoms with Crippen molar-refractivity contribution in [3.8, 4) is 5.75 Å². The Morgan fingerprint density at radius 2 is 2.19 bits per heavy atom. The molecule has 6 heteroatoms. The van der Waals surface area contributed by atoms with Crippen LogP contribution in [-0.2, 0) is 6.42 Å². The molecule has 2 rings (SSSR count). The molecular formula is C15H18N4O2. The standard InChI is InChI=1S/C15H18N4O2/c1-21-13-4-2-3-11(9-13)5-7-18-15(20)14-10-12(19-16)6-8-17-14/h2-4,6,8-10H,5,7,16H2,1H3,(H,17,19)(H,18,20). The van der Waals surface area contributed by atoms with Gasteiger partial charge in [0.15, 0.2) is 0 Å². The Bertz CT molecular complexity index is 616. The highest BCUT2D eigenvalue weighted by Gasteiger charge is 2.07. The molecule has 0 spiro atoms. The van der Waals surface area contributed by atoms with E-state index < -0.39 is 0 Å². The molecule has 110 valence electrons. The maximum atomic E-state index is 12.0. The van der Waals surface area contributed by atoms with Crippen LogP contribution in [-0.4, -0.2) is 24.5 Å². The summed E-state index contributed by atoms with van der Waals surface area (Å²) >= 11 is 0. The Morgan fingerprint density at radius 3 is 2.95 bits per heavy atom.